The number of benzene rings is 1. The Morgan fingerprint density at radius 3 is 2.52 bits per heavy atom. The second-order valence-electron chi connectivity index (χ2n) is 5.76. The normalized spacial score (nSPS) is 12.4. The van der Waals surface area contributed by atoms with Crippen LogP contribution in [0.15, 0.2) is 39.7 Å². The quantitative estimate of drug-likeness (QED) is 0.839. The van der Waals surface area contributed by atoms with Crippen molar-refractivity contribution < 1.29 is 0 Å². The largest absolute Gasteiger partial charge is 0.381 e. The minimum atomic E-state index is -0.149. The Hall–Kier alpha value is -1.66. The van der Waals surface area contributed by atoms with E-state index in [1.54, 1.807) is 13.2 Å². The van der Waals surface area contributed by atoms with Gasteiger partial charge in [0.05, 0.1) is 17.9 Å². The number of halogens is 1. The van der Waals surface area contributed by atoms with Crippen molar-refractivity contribution in [2.45, 2.75) is 19.4 Å². The molecule has 124 valence electrons. The summed E-state index contributed by atoms with van der Waals surface area (Å²) in [7, 11) is 5.74. The molecule has 2 aromatic rings. The highest BCUT2D eigenvalue weighted by atomic mass is 79.9. The van der Waals surface area contributed by atoms with E-state index in [-0.39, 0.29) is 11.6 Å². The first-order valence-electron chi connectivity index (χ1n) is 7.65. The molecule has 1 atom stereocenters. The van der Waals surface area contributed by atoms with Gasteiger partial charge in [0.1, 0.15) is 4.47 Å². The molecule has 1 unspecified atom stereocenters. The maximum absolute atomic E-state index is 11.9. The van der Waals surface area contributed by atoms with Gasteiger partial charge >= 0.3 is 0 Å². The molecule has 23 heavy (non-hydrogen) atoms. The number of hydrogen-bond acceptors (Lipinski definition) is 4. The molecule has 1 aromatic heterocycles. The van der Waals surface area contributed by atoms with Crippen LogP contribution in [0.2, 0.25) is 0 Å². The fourth-order valence-electron chi connectivity index (χ4n) is 2.41. The molecule has 0 aliphatic heterocycles. The Morgan fingerprint density at radius 2 is 1.96 bits per heavy atom. The van der Waals surface area contributed by atoms with Crippen LogP contribution in [0, 0.1) is 0 Å². The minimum absolute atomic E-state index is 0.149. The average Bonchev–Trinajstić information content (AvgIpc) is 2.55. The smallest absolute Gasteiger partial charge is 0.282 e. The highest BCUT2D eigenvalue weighted by Gasteiger charge is 2.15. The maximum Gasteiger partial charge on any atom is 0.282 e. The number of hydrogen-bond donors (Lipinski definition) is 1. The van der Waals surface area contributed by atoms with Gasteiger partial charge in [-0.25, -0.2) is 4.68 Å². The van der Waals surface area contributed by atoms with Crippen molar-refractivity contribution in [2.75, 3.05) is 26.0 Å². The molecule has 0 fully saturated rings. The Balaban J connectivity index is 2.17. The molecule has 0 spiro atoms. The summed E-state index contributed by atoms with van der Waals surface area (Å²) in [5.41, 5.74) is 3.14. The number of aromatic nitrogens is 2. The van der Waals surface area contributed by atoms with Crippen molar-refractivity contribution in [1.82, 2.24) is 14.7 Å². The van der Waals surface area contributed by atoms with Crippen LogP contribution in [0.5, 0.6) is 0 Å². The lowest BCUT2D eigenvalue weighted by Crippen LogP contribution is -2.28. The molecule has 1 aromatic carbocycles. The zero-order valence-corrected chi connectivity index (χ0v) is 15.6. The van der Waals surface area contributed by atoms with E-state index in [4.69, 9.17) is 0 Å². The first kappa shape index (κ1) is 17.7. The molecule has 0 aliphatic rings. The number of likely N-dealkylation sites (N-methyl/N-ethyl adjacent to an activating group) is 1. The second-order valence-corrected chi connectivity index (χ2v) is 6.55. The number of nitrogens with zero attached hydrogens (tertiary/aromatic N) is 3. The molecule has 0 saturated heterocycles. The van der Waals surface area contributed by atoms with Gasteiger partial charge in [-0.15, -0.1) is 0 Å². The number of rotatable bonds is 6. The second kappa shape index (κ2) is 7.75. The third-order valence-electron chi connectivity index (χ3n) is 3.96. The summed E-state index contributed by atoms with van der Waals surface area (Å²) in [4.78, 5) is 14.1. The third-order valence-corrected chi connectivity index (χ3v) is 4.73. The van der Waals surface area contributed by atoms with Crippen LogP contribution >= 0.6 is 15.9 Å². The van der Waals surface area contributed by atoms with Gasteiger partial charge in [-0.05, 0) is 47.6 Å². The van der Waals surface area contributed by atoms with Crippen molar-refractivity contribution in [3.8, 4) is 0 Å². The molecule has 0 radical (unpaired) electrons. The monoisotopic (exact) mass is 378 g/mol. The summed E-state index contributed by atoms with van der Waals surface area (Å²) in [5.74, 6) is 0. The summed E-state index contributed by atoms with van der Waals surface area (Å²) in [6, 6.07) is 8.88. The molecule has 5 nitrogen and oxygen atoms in total. The van der Waals surface area contributed by atoms with E-state index in [0.717, 1.165) is 6.42 Å². The molecular formula is C17H23BrN4O. The average molecular weight is 379 g/mol. The lowest BCUT2D eigenvalue weighted by Gasteiger charge is -2.26. The highest BCUT2D eigenvalue weighted by molar-refractivity contribution is 9.10. The molecule has 6 heteroatoms. The van der Waals surface area contributed by atoms with Crippen LogP contribution in [0.4, 0.5) is 5.69 Å². The summed E-state index contributed by atoms with van der Waals surface area (Å²) < 4.78 is 1.82. The summed E-state index contributed by atoms with van der Waals surface area (Å²) in [5, 5.41) is 7.38. The third kappa shape index (κ3) is 4.20. The Bertz CT molecular complexity index is 710. The maximum atomic E-state index is 11.9. The van der Waals surface area contributed by atoms with E-state index in [9.17, 15) is 4.79 Å². The molecule has 1 N–H and O–H groups in total. The SMILES string of the molecule is CCc1ccc(C(CNc2cnn(C)c(=O)c2Br)N(C)C)cc1. The molecule has 2 rings (SSSR count). The van der Waals surface area contributed by atoms with Crippen LogP contribution in [0.1, 0.15) is 24.1 Å². The van der Waals surface area contributed by atoms with Gasteiger partial charge in [0.25, 0.3) is 5.56 Å². The lowest BCUT2D eigenvalue weighted by atomic mass is 10.0. The van der Waals surface area contributed by atoms with Crippen molar-refractivity contribution in [3.05, 3.63) is 56.4 Å². The first-order valence-corrected chi connectivity index (χ1v) is 8.44. The lowest BCUT2D eigenvalue weighted by molar-refractivity contribution is 0.311. The van der Waals surface area contributed by atoms with E-state index >= 15 is 0 Å². The Kier molecular flexibility index (Phi) is 5.96. The van der Waals surface area contributed by atoms with Gasteiger partial charge < -0.3 is 10.2 Å². The topological polar surface area (TPSA) is 50.2 Å². The van der Waals surface area contributed by atoms with E-state index in [1.165, 1.54) is 15.8 Å². The summed E-state index contributed by atoms with van der Waals surface area (Å²) >= 11 is 3.34. The van der Waals surface area contributed by atoms with E-state index < -0.39 is 0 Å². The standard InChI is InChI=1S/C17H23BrN4O/c1-5-12-6-8-13(9-7-12)15(21(2)3)11-19-14-10-20-22(4)17(23)16(14)18/h6-10,15,19H,5,11H2,1-4H3. The fourth-order valence-corrected chi connectivity index (χ4v) is 2.91. The van der Waals surface area contributed by atoms with E-state index in [0.29, 0.717) is 16.7 Å². The zero-order chi connectivity index (χ0) is 17.0. The predicted molar refractivity (Wildman–Crippen MR) is 97.9 cm³/mol. The molecule has 1 heterocycles. The number of nitrogens with one attached hydrogen (secondary N) is 1. The highest BCUT2D eigenvalue weighted by Crippen LogP contribution is 2.22. The van der Waals surface area contributed by atoms with Gasteiger partial charge in [0.2, 0.25) is 0 Å². The van der Waals surface area contributed by atoms with Gasteiger partial charge in [0.15, 0.2) is 0 Å². The Labute approximate surface area is 145 Å². The molecular weight excluding hydrogens is 356 g/mol. The summed E-state index contributed by atoms with van der Waals surface area (Å²) in [6.07, 6.45) is 2.70. The van der Waals surface area contributed by atoms with Crippen LogP contribution in [0.3, 0.4) is 0 Å². The van der Waals surface area contributed by atoms with Crippen molar-refractivity contribution in [2.24, 2.45) is 7.05 Å². The van der Waals surface area contributed by atoms with Gasteiger partial charge in [-0.1, -0.05) is 31.2 Å². The van der Waals surface area contributed by atoms with Crippen molar-refractivity contribution >= 4 is 21.6 Å². The van der Waals surface area contributed by atoms with Crippen LogP contribution < -0.4 is 10.9 Å². The first-order chi connectivity index (χ1) is 10.9. The van der Waals surface area contributed by atoms with Crippen molar-refractivity contribution in [1.29, 1.82) is 0 Å². The molecule has 0 bridgehead atoms. The number of anilines is 1. The van der Waals surface area contributed by atoms with Gasteiger partial charge in [-0.2, -0.15) is 5.10 Å². The number of aryl methyl sites for hydroxylation is 2. The van der Waals surface area contributed by atoms with Crippen LogP contribution in [-0.4, -0.2) is 35.3 Å². The molecule has 0 saturated carbocycles. The van der Waals surface area contributed by atoms with Gasteiger partial charge in [0, 0.05) is 13.6 Å². The fraction of sp³-hybridized carbons (Fsp3) is 0.412. The predicted octanol–water partition coefficient (Wildman–Crippen LogP) is 2.82. The minimum Gasteiger partial charge on any atom is -0.381 e. The summed E-state index contributed by atoms with van der Waals surface area (Å²) in [6.45, 7) is 2.84. The van der Waals surface area contributed by atoms with Crippen LogP contribution in [-0.2, 0) is 13.5 Å². The molecule has 0 aliphatic carbocycles. The van der Waals surface area contributed by atoms with Crippen molar-refractivity contribution in [3.63, 3.8) is 0 Å². The zero-order valence-electron chi connectivity index (χ0n) is 14.0. The van der Waals surface area contributed by atoms with Gasteiger partial charge in [-0.3, -0.25) is 4.79 Å². The van der Waals surface area contributed by atoms with Crippen LogP contribution in [0.25, 0.3) is 0 Å². The van der Waals surface area contributed by atoms with E-state index in [2.05, 4.69) is 76.5 Å². The molecule has 0 amide bonds. The Morgan fingerprint density at radius 1 is 1.30 bits per heavy atom. The van der Waals surface area contributed by atoms with E-state index in [1.807, 2.05) is 0 Å².